The Kier molecular flexibility index (Phi) is 5.33. The lowest BCUT2D eigenvalue weighted by Crippen LogP contribution is -2.31. The van der Waals surface area contributed by atoms with E-state index in [9.17, 15) is 4.79 Å². The summed E-state index contributed by atoms with van der Waals surface area (Å²) in [5, 5.41) is 0. The minimum atomic E-state index is 0.141. The average Bonchev–Trinajstić information content (AvgIpc) is 3.42. The van der Waals surface area contributed by atoms with Gasteiger partial charge in [0.05, 0.1) is 30.9 Å². The van der Waals surface area contributed by atoms with E-state index in [-0.39, 0.29) is 11.9 Å². The van der Waals surface area contributed by atoms with Crippen LogP contribution in [-0.4, -0.2) is 34.5 Å². The van der Waals surface area contributed by atoms with Gasteiger partial charge in [0.15, 0.2) is 0 Å². The Morgan fingerprint density at radius 2 is 2.00 bits per heavy atom. The smallest absolute Gasteiger partial charge is 0.250 e. The number of aryl methyl sites for hydroxylation is 2. The van der Waals surface area contributed by atoms with Gasteiger partial charge in [-0.05, 0) is 73.4 Å². The van der Waals surface area contributed by atoms with E-state index in [2.05, 4.69) is 35.3 Å². The molecule has 5 heteroatoms. The molecule has 1 fully saturated rings. The molecule has 1 heterocycles. The lowest BCUT2D eigenvalue weighted by molar-refractivity contribution is -0.128. The van der Waals surface area contributed by atoms with E-state index in [1.807, 2.05) is 47.8 Å². The summed E-state index contributed by atoms with van der Waals surface area (Å²) in [5.41, 5.74) is 6.44. The quantitative estimate of drug-likeness (QED) is 0.513. The van der Waals surface area contributed by atoms with Gasteiger partial charge in [-0.3, -0.25) is 4.79 Å². The van der Waals surface area contributed by atoms with Crippen LogP contribution in [0.2, 0.25) is 0 Å². The standard InChI is InChI=1S/C27H29N3O2/c1-18-16-30(17-28-18)25-12-8-19(15-26(25)32-3)14-23(21-9-10-21)27(31)29(2)24-13-11-20-6-4-5-7-22(20)24/h4-8,12,14-17,21,24H,9-11,13H2,1-3H3. The third-order valence-electron chi connectivity index (χ3n) is 6.67. The van der Waals surface area contributed by atoms with Crippen LogP contribution in [0.4, 0.5) is 0 Å². The van der Waals surface area contributed by atoms with Crippen LogP contribution in [0, 0.1) is 12.8 Å². The first-order valence-corrected chi connectivity index (χ1v) is 11.3. The molecule has 1 atom stereocenters. The molecule has 0 aliphatic heterocycles. The molecule has 0 spiro atoms. The second-order valence-corrected chi connectivity index (χ2v) is 8.90. The molecule has 3 aromatic rings. The van der Waals surface area contributed by atoms with Gasteiger partial charge < -0.3 is 14.2 Å². The molecule has 32 heavy (non-hydrogen) atoms. The van der Waals surface area contributed by atoms with Crippen LogP contribution < -0.4 is 4.74 Å². The van der Waals surface area contributed by atoms with E-state index in [1.165, 1.54) is 11.1 Å². The highest BCUT2D eigenvalue weighted by Gasteiger charge is 2.35. The maximum atomic E-state index is 13.6. The fraction of sp³-hybridized carbons (Fsp3) is 0.333. The van der Waals surface area contributed by atoms with Gasteiger partial charge >= 0.3 is 0 Å². The number of aromatic nitrogens is 2. The SMILES string of the molecule is COc1cc(C=C(C(=O)N(C)C2CCc3ccccc32)C2CC2)ccc1-n1cnc(C)c1. The van der Waals surface area contributed by atoms with Crippen molar-refractivity contribution in [2.45, 2.75) is 38.6 Å². The number of hydrogen-bond acceptors (Lipinski definition) is 3. The van der Waals surface area contributed by atoms with Gasteiger partial charge in [0.1, 0.15) is 5.75 Å². The van der Waals surface area contributed by atoms with Crippen LogP contribution in [0.1, 0.15) is 47.7 Å². The molecule has 1 aromatic heterocycles. The van der Waals surface area contributed by atoms with Crippen LogP contribution in [0.5, 0.6) is 5.75 Å². The zero-order valence-electron chi connectivity index (χ0n) is 18.9. The molecule has 1 unspecified atom stereocenters. The number of carbonyl (C=O) groups excluding carboxylic acids is 1. The topological polar surface area (TPSA) is 47.4 Å². The van der Waals surface area contributed by atoms with Gasteiger partial charge in [-0.25, -0.2) is 4.98 Å². The third-order valence-corrected chi connectivity index (χ3v) is 6.67. The number of ether oxygens (including phenoxy) is 1. The number of hydrogen-bond donors (Lipinski definition) is 0. The Morgan fingerprint density at radius 1 is 1.19 bits per heavy atom. The van der Waals surface area contributed by atoms with Gasteiger partial charge in [0.2, 0.25) is 5.91 Å². The summed E-state index contributed by atoms with van der Waals surface area (Å²) < 4.78 is 7.62. The molecule has 5 rings (SSSR count). The predicted octanol–water partition coefficient (Wildman–Crippen LogP) is 5.13. The normalized spacial score (nSPS) is 17.8. The Balaban J connectivity index is 1.44. The highest BCUT2D eigenvalue weighted by atomic mass is 16.5. The van der Waals surface area contributed by atoms with Crippen molar-refractivity contribution < 1.29 is 9.53 Å². The van der Waals surface area contributed by atoms with Crippen molar-refractivity contribution in [1.82, 2.24) is 14.5 Å². The Morgan fingerprint density at radius 3 is 2.72 bits per heavy atom. The van der Waals surface area contributed by atoms with E-state index in [0.717, 1.165) is 54.0 Å². The van der Waals surface area contributed by atoms with Crippen LogP contribution in [0.25, 0.3) is 11.8 Å². The minimum absolute atomic E-state index is 0.141. The molecular weight excluding hydrogens is 398 g/mol. The summed E-state index contributed by atoms with van der Waals surface area (Å²) in [6, 6.07) is 14.7. The van der Waals surface area contributed by atoms with Crippen molar-refractivity contribution >= 4 is 12.0 Å². The number of methoxy groups -OCH3 is 1. The number of nitrogens with zero attached hydrogens (tertiary/aromatic N) is 3. The average molecular weight is 428 g/mol. The predicted molar refractivity (Wildman–Crippen MR) is 126 cm³/mol. The molecule has 5 nitrogen and oxygen atoms in total. The van der Waals surface area contributed by atoms with Gasteiger partial charge in [0.25, 0.3) is 0 Å². The molecule has 164 valence electrons. The van der Waals surface area contributed by atoms with Crippen molar-refractivity contribution in [3.8, 4) is 11.4 Å². The molecule has 2 aliphatic carbocycles. The van der Waals surface area contributed by atoms with Gasteiger partial charge in [0, 0.05) is 18.8 Å². The monoisotopic (exact) mass is 427 g/mol. The second kappa shape index (κ2) is 8.30. The van der Waals surface area contributed by atoms with Crippen molar-refractivity contribution in [1.29, 1.82) is 0 Å². The Hall–Kier alpha value is -3.34. The summed E-state index contributed by atoms with van der Waals surface area (Å²) in [4.78, 5) is 19.9. The van der Waals surface area contributed by atoms with Crippen LogP contribution in [0.15, 0.2) is 60.6 Å². The first-order valence-electron chi connectivity index (χ1n) is 11.3. The van der Waals surface area contributed by atoms with Crippen molar-refractivity contribution in [3.05, 3.63) is 82.9 Å². The zero-order valence-corrected chi connectivity index (χ0v) is 18.9. The molecule has 1 saturated carbocycles. The highest BCUT2D eigenvalue weighted by Crippen LogP contribution is 2.41. The lowest BCUT2D eigenvalue weighted by atomic mass is 10.0. The molecule has 2 aliphatic rings. The van der Waals surface area contributed by atoms with Crippen molar-refractivity contribution in [2.75, 3.05) is 14.2 Å². The van der Waals surface area contributed by atoms with E-state index in [4.69, 9.17) is 4.74 Å². The molecule has 0 saturated heterocycles. The molecular formula is C27H29N3O2. The van der Waals surface area contributed by atoms with E-state index in [1.54, 1.807) is 13.4 Å². The fourth-order valence-corrected chi connectivity index (χ4v) is 4.76. The largest absolute Gasteiger partial charge is 0.495 e. The second-order valence-electron chi connectivity index (χ2n) is 8.90. The number of carbonyl (C=O) groups is 1. The number of benzene rings is 2. The van der Waals surface area contributed by atoms with Crippen molar-refractivity contribution in [2.24, 2.45) is 5.92 Å². The summed E-state index contributed by atoms with van der Waals surface area (Å²) >= 11 is 0. The van der Waals surface area contributed by atoms with Gasteiger partial charge in [-0.1, -0.05) is 30.3 Å². The molecule has 0 bridgehead atoms. The Bertz CT molecular complexity index is 1190. The van der Waals surface area contributed by atoms with Gasteiger partial charge in [-0.2, -0.15) is 0 Å². The summed E-state index contributed by atoms with van der Waals surface area (Å²) in [6.07, 6.45) is 10.0. The van der Waals surface area contributed by atoms with E-state index < -0.39 is 0 Å². The van der Waals surface area contributed by atoms with Crippen LogP contribution >= 0.6 is 0 Å². The lowest BCUT2D eigenvalue weighted by Gasteiger charge is -2.27. The number of rotatable bonds is 6. The number of fused-ring (bicyclic) bond motifs is 1. The zero-order chi connectivity index (χ0) is 22.2. The highest BCUT2D eigenvalue weighted by molar-refractivity contribution is 5.99. The third kappa shape index (κ3) is 3.83. The number of amides is 1. The first-order chi connectivity index (χ1) is 15.5. The maximum absolute atomic E-state index is 13.6. The molecule has 0 radical (unpaired) electrons. The first kappa shape index (κ1) is 20.6. The van der Waals surface area contributed by atoms with Crippen LogP contribution in [0.3, 0.4) is 0 Å². The van der Waals surface area contributed by atoms with Gasteiger partial charge in [-0.15, -0.1) is 0 Å². The Labute approximate surface area is 189 Å². The van der Waals surface area contributed by atoms with E-state index in [0.29, 0.717) is 5.92 Å². The number of likely N-dealkylation sites (N-methyl/N-ethyl adjacent to an activating group) is 1. The van der Waals surface area contributed by atoms with Crippen molar-refractivity contribution in [3.63, 3.8) is 0 Å². The van der Waals surface area contributed by atoms with Crippen LogP contribution in [-0.2, 0) is 11.2 Å². The fourth-order valence-electron chi connectivity index (χ4n) is 4.76. The molecule has 2 aromatic carbocycles. The summed E-state index contributed by atoms with van der Waals surface area (Å²) in [6.45, 7) is 1.97. The number of imidazole rings is 1. The summed E-state index contributed by atoms with van der Waals surface area (Å²) in [5.74, 6) is 1.25. The summed E-state index contributed by atoms with van der Waals surface area (Å²) in [7, 11) is 3.63. The minimum Gasteiger partial charge on any atom is -0.495 e. The molecule has 0 N–H and O–H groups in total. The van der Waals surface area contributed by atoms with E-state index >= 15 is 0 Å². The molecule has 1 amide bonds. The maximum Gasteiger partial charge on any atom is 0.250 e.